The summed E-state index contributed by atoms with van der Waals surface area (Å²) in [4.78, 5) is 0. The Morgan fingerprint density at radius 3 is 1.73 bits per heavy atom. The lowest BCUT2D eigenvalue weighted by atomic mass is 9.77. The zero-order valence-electron chi connectivity index (χ0n) is 17.1. The molecule has 152 valence electrons. The third kappa shape index (κ3) is 3.41. The average Bonchev–Trinajstić information content (AvgIpc) is 2.82. The molecule has 4 nitrogen and oxygen atoms in total. The highest BCUT2D eigenvalue weighted by Gasteiger charge is 2.40. The van der Waals surface area contributed by atoms with E-state index < -0.39 is 11.6 Å². The first-order valence-corrected chi connectivity index (χ1v) is 9.82. The van der Waals surface area contributed by atoms with Crippen molar-refractivity contribution < 1.29 is 14.6 Å². The van der Waals surface area contributed by atoms with Crippen molar-refractivity contribution >= 4 is 10.8 Å². The fraction of sp³-hybridized carbons (Fsp3) is 0.154. The monoisotopic (exact) mass is 399 g/mol. The van der Waals surface area contributed by atoms with Crippen molar-refractivity contribution in [2.75, 3.05) is 14.2 Å². The molecule has 0 fully saturated rings. The molecule has 0 saturated heterocycles. The van der Waals surface area contributed by atoms with Crippen LogP contribution in [0.25, 0.3) is 10.8 Å². The first-order chi connectivity index (χ1) is 14.6. The molecule has 3 N–H and O–H groups in total. The van der Waals surface area contributed by atoms with Gasteiger partial charge in [0.25, 0.3) is 0 Å². The van der Waals surface area contributed by atoms with Crippen molar-refractivity contribution in [2.24, 2.45) is 5.73 Å². The second-order valence-corrected chi connectivity index (χ2v) is 7.27. The van der Waals surface area contributed by atoms with Crippen molar-refractivity contribution in [3.05, 3.63) is 108 Å². The van der Waals surface area contributed by atoms with Crippen LogP contribution in [-0.2, 0) is 5.60 Å². The molecule has 4 heteroatoms. The minimum atomic E-state index is -1.46. The maximum atomic E-state index is 12.2. The molecule has 0 aromatic heterocycles. The summed E-state index contributed by atoms with van der Waals surface area (Å²) >= 11 is 0. The second kappa shape index (κ2) is 8.19. The topological polar surface area (TPSA) is 64.7 Å². The highest BCUT2D eigenvalue weighted by atomic mass is 16.5. The molecule has 1 atom stereocenters. The van der Waals surface area contributed by atoms with Gasteiger partial charge in [-0.25, -0.2) is 0 Å². The fourth-order valence-corrected chi connectivity index (χ4v) is 3.96. The molecule has 0 amide bonds. The van der Waals surface area contributed by atoms with Gasteiger partial charge in [0.15, 0.2) is 0 Å². The zero-order chi connectivity index (χ0) is 21.1. The standard InChI is InChI=1S/C26H25NO3/c1-29-21-14-10-19(11-15-21)26(28,20-12-16-22(30-2)17-13-20)25(27)24-9-5-7-18-6-3-4-8-23(18)24/h3-17,25,28H,27H2,1-2H3/t25-/m1/s1. The van der Waals surface area contributed by atoms with Crippen molar-refractivity contribution in [3.8, 4) is 11.5 Å². The third-order valence-electron chi connectivity index (χ3n) is 5.67. The molecule has 4 aromatic carbocycles. The Balaban J connectivity index is 1.91. The number of hydrogen-bond acceptors (Lipinski definition) is 4. The molecule has 4 aromatic rings. The average molecular weight is 399 g/mol. The SMILES string of the molecule is COc1ccc(C(O)(c2ccc(OC)cc2)[C@H](N)c2cccc3ccccc23)cc1. The predicted octanol–water partition coefficient (Wildman–Crippen LogP) is 4.79. The molecular weight excluding hydrogens is 374 g/mol. The van der Waals surface area contributed by atoms with Crippen molar-refractivity contribution in [1.82, 2.24) is 0 Å². The summed E-state index contributed by atoms with van der Waals surface area (Å²) in [6.45, 7) is 0. The van der Waals surface area contributed by atoms with E-state index in [0.717, 1.165) is 27.8 Å². The van der Waals surface area contributed by atoms with Crippen molar-refractivity contribution in [2.45, 2.75) is 11.6 Å². The summed E-state index contributed by atoms with van der Waals surface area (Å²) in [5.41, 5.74) is 7.63. The third-order valence-corrected chi connectivity index (χ3v) is 5.67. The Hall–Kier alpha value is -3.34. The maximum Gasteiger partial charge on any atom is 0.134 e. The van der Waals surface area contributed by atoms with Gasteiger partial charge in [-0.1, -0.05) is 66.7 Å². The molecule has 0 unspecified atom stereocenters. The van der Waals surface area contributed by atoms with Gasteiger partial charge >= 0.3 is 0 Å². The normalized spacial score (nSPS) is 12.5. The van der Waals surface area contributed by atoms with Gasteiger partial charge in [-0.05, 0) is 51.7 Å². The van der Waals surface area contributed by atoms with E-state index in [4.69, 9.17) is 15.2 Å². The molecule has 0 saturated carbocycles. The smallest absolute Gasteiger partial charge is 0.134 e. The molecule has 0 aliphatic rings. The molecule has 0 heterocycles. The van der Waals surface area contributed by atoms with Crippen LogP contribution < -0.4 is 15.2 Å². The Labute approximate surface area is 176 Å². The lowest BCUT2D eigenvalue weighted by Gasteiger charge is -2.36. The van der Waals surface area contributed by atoms with Crippen LogP contribution in [0.15, 0.2) is 91.0 Å². The number of hydrogen-bond donors (Lipinski definition) is 2. The maximum absolute atomic E-state index is 12.2. The zero-order valence-corrected chi connectivity index (χ0v) is 17.1. The van der Waals surface area contributed by atoms with E-state index in [1.165, 1.54) is 0 Å². The van der Waals surface area contributed by atoms with Gasteiger partial charge in [0.1, 0.15) is 17.1 Å². The number of aliphatic hydroxyl groups is 1. The number of benzene rings is 4. The summed E-state index contributed by atoms with van der Waals surface area (Å²) < 4.78 is 10.6. The van der Waals surface area contributed by atoms with Gasteiger partial charge < -0.3 is 20.3 Å². The van der Waals surface area contributed by atoms with Crippen LogP contribution in [0.2, 0.25) is 0 Å². The van der Waals surface area contributed by atoms with E-state index in [1.807, 2.05) is 91.0 Å². The lowest BCUT2D eigenvalue weighted by Crippen LogP contribution is -2.40. The van der Waals surface area contributed by atoms with Crippen LogP contribution in [0.5, 0.6) is 11.5 Å². The molecule has 0 radical (unpaired) electrons. The lowest BCUT2D eigenvalue weighted by molar-refractivity contribution is 0.0516. The van der Waals surface area contributed by atoms with Crippen LogP contribution in [0, 0.1) is 0 Å². The molecule has 0 aliphatic carbocycles. The minimum absolute atomic E-state index is 0.689. The van der Waals surface area contributed by atoms with Gasteiger partial charge in [0.2, 0.25) is 0 Å². The van der Waals surface area contributed by atoms with E-state index in [-0.39, 0.29) is 0 Å². The Bertz CT molecular complexity index is 1080. The van der Waals surface area contributed by atoms with Gasteiger partial charge in [0.05, 0.1) is 20.3 Å². The van der Waals surface area contributed by atoms with E-state index in [9.17, 15) is 5.11 Å². The number of ether oxygens (including phenoxy) is 2. The molecule has 0 spiro atoms. The number of methoxy groups -OCH3 is 2. The van der Waals surface area contributed by atoms with Crippen LogP contribution in [0.1, 0.15) is 22.7 Å². The Morgan fingerprint density at radius 1 is 0.700 bits per heavy atom. The van der Waals surface area contributed by atoms with Gasteiger partial charge in [-0.3, -0.25) is 0 Å². The van der Waals surface area contributed by atoms with E-state index >= 15 is 0 Å². The quantitative estimate of drug-likeness (QED) is 0.489. The van der Waals surface area contributed by atoms with Gasteiger partial charge in [-0.15, -0.1) is 0 Å². The second-order valence-electron chi connectivity index (χ2n) is 7.27. The van der Waals surface area contributed by atoms with Gasteiger partial charge in [0, 0.05) is 0 Å². The molecule has 4 rings (SSSR count). The van der Waals surface area contributed by atoms with E-state index in [1.54, 1.807) is 14.2 Å². The summed E-state index contributed by atoms with van der Waals surface area (Å²) in [6.07, 6.45) is 0. The molecule has 30 heavy (non-hydrogen) atoms. The molecule has 0 aliphatic heterocycles. The number of rotatable bonds is 6. The molecule has 0 bridgehead atoms. The van der Waals surface area contributed by atoms with Crippen LogP contribution in [0.4, 0.5) is 0 Å². The number of fused-ring (bicyclic) bond motifs is 1. The highest BCUT2D eigenvalue weighted by molar-refractivity contribution is 5.86. The van der Waals surface area contributed by atoms with Crippen LogP contribution in [-0.4, -0.2) is 19.3 Å². The summed E-state index contributed by atoms with van der Waals surface area (Å²) in [5.74, 6) is 1.43. The Morgan fingerprint density at radius 2 is 1.20 bits per heavy atom. The largest absolute Gasteiger partial charge is 0.497 e. The first-order valence-electron chi connectivity index (χ1n) is 9.82. The van der Waals surface area contributed by atoms with Gasteiger partial charge in [-0.2, -0.15) is 0 Å². The summed E-state index contributed by atoms with van der Waals surface area (Å²) in [5, 5.41) is 14.3. The Kier molecular flexibility index (Phi) is 5.44. The summed E-state index contributed by atoms with van der Waals surface area (Å²) in [6, 6.07) is 28.1. The van der Waals surface area contributed by atoms with Crippen LogP contribution >= 0.6 is 0 Å². The van der Waals surface area contributed by atoms with Crippen molar-refractivity contribution in [3.63, 3.8) is 0 Å². The number of nitrogens with two attached hydrogens (primary N) is 1. The van der Waals surface area contributed by atoms with E-state index in [0.29, 0.717) is 11.1 Å². The van der Waals surface area contributed by atoms with Crippen molar-refractivity contribution in [1.29, 1.82) is 0 Å². The summed E-state index contributed by atoms with van der Waals surface area (Å²) in [7, 11) is 3.24. The molecular formula is C26H25NO3. The van der Waals surface area contributed by atoms with E-state index in [2.05, 4.69) is 0 Å². The van der Waals surface area contributed by atoms with Crippen LogP contribution in [0.3, 0.4) is 0 Å². The predicted molar refractivity (Wildman–Crippen MR) is 120 cm³/mol. The highest BCUT2D eigenvalue weighted by Crippen LogP contribution is 2.42. The first kappa shape index (κ1) is 20.0. The minimum Gasteiger partial charge on any atom is -0.497 e. The fourth-order valence-electron chi connectivity index (χ4n) is 3.96.